The number of aromatic nitrogens is 2. The number of halogens is 1. The zero-order valence-electron chi connectivity index (χ0n) is 5.66. The van der Waals surface area contributed by atoms with Gasteiger partial charge in [-0.3, -0.25) is 0 Å². The predicted molar refractivity (Wildman–Crippen MR) is 50.0 cm³/mol. The summed E-state index contributed by atoms with van der Waals surface area (Å²) in [6.45, 7) is 0.243. The number of aliphatic hydroxyl groups excluding tert-OH is 1. The van der Waals surface area contributed by atoms with E-state index in [1.807, 2.05) is 0 Å². The van der Waals surface area contributed by atoms with Crippen molar-refractivity contribution in [1.29, 1.82) is 0 Å². The Morgan fingerprint density at radius 1 is 1.55 bits per heavy atom. The van der Waals surface area contributed by atoms with Crippen molar-refractivity contribution in [2.24, 2.45) is 0 Å². The van der Waals surface area contributed by atoms with Crippen molar-refractivity contribution in [1.82, 2.24) is 10.2 Å². The van der Waals surface area contributed by atoms with Gasteiger partial charge in [0.05, 0.1) is 0 Å². The van der Waals surface area contributed by atoms with Crippen LogP contribution in [0.25, 0.3) is 0 Å². The lowest BCUT2D eigenvalue weighted by molar-refractivity contribution is 0.296. The molecule has 0 aliphatic heterocycles. The zero-order chi connectivity index (χ0) is 8.10. The maximum absolute atomic E-state index is 8.49. The average molecular weight is 255 g/mol. The highest BCUT2D eigenvalue weighted by molar-refractivity contribution is 9.11. The van der Waals surface area contributed by atoms with Gasteiger partial charge < -0.3 is 5.11 Å². The molecule has 0 spiro atoms. The summed E-state index contributed by atoms with van der Waals surface area (Å²) in [6, 6.07) is 0. The third-order valence-electron chi connectivity index (χ3n) is 0.910. The third-order valence-corrected chi connectivity index (χ3v) is 3.49. The minimum absolute atomic E-state index is 0.243. The van der Waals surface area contributed by atoms with E-state index in [4.69, 9.17) is 5.11 Å². The van der Waals surface area contributed by atoms with Crippen molar-refractivity contribution in [3.8, 4) is 0 Å². The summed E-state index contributed by atoms with van der Waals surface area (Å²) in [5.41, 5.74) is 0. The van der Waals surface area contributed by atoms with E-state index in [-0.39, 0.29) is 6.61 Å². The van der Waals surface area contributed by atoms with Crippen LogP contribution in [0.1, 0.15) is 6.42 Å². The van der Waals surface area contributed by atoms with E-state index < -0.39 is 0 Å². The first-order valence-corrected chi connectivity index (χ1v) is 5.65. The first-order chi connectivity index (χ1) is 5.33. The van der Waals surface area contributed by atoms with Crippen molar-refractivity contribution in [3.05, 3.63) is 3.92 Å². The fourth-order valence-electron chi connectivity index (χ4n) is 0.475. The molecule has 0 fully saturated rings. The monoisotopic (exact) mass is 254 g/mol. The number of rotatable bonds is 4. The van der Waals surface area contributed by atoms with Crippen molar-refractivity contribution in [2.75, 3.05) is 12.4 Å². The lowest BCUT2D eigenvalue weighted by Gasteiger charge is -1.91. The number of thioether (sulfide) groups is 1. The summed E-state index contributed by atoms with van der Waals surface area (Å²) in [5, 5.41) is 16.2. The van der Waals surface area contributed by atoms with Gasteiger partial charge in [-0.15, -0.1) is 10.2 Å². The van der Waals surface area contributed by atoms with Gasteiger partial charge in [0.15, 0.2) is 8.26 Å². The zero-order valence-corrected chi connectivity index (χ0v) is 8.88. The minimum atomic E-state index is 0.243. The summed E-state index contributed by atoms with van der Waals surface area (Å²) in [4.78, 5) is 0. The van der Waals surface area contributed by atoms with E-state index in [0.717, 1.165) is 20.4 Å². The molecule has 3 nitrogen and oxygen atoms in total. The highest BCUT2D eigenvalue weighted by atomic mass is 79.9. The third kappa shape index (κ3) is 3.50. The molecular formula is C5H7BrN2OS2. The Kier molecular flexibility index (Phi) is 4.36. The lowest BCUT2D eigenvalue weighted by atomic mass is 10.5. The number of hydrogen-bond acceptors (Lipinski definition) is 5. The summed E-state index contributed by atoms with van der Waals surface area (Å²) in [5.74, 6) is 0.901. The molecule has 11 heavy (non-hydrogen) atoms. The normalized spacial score (nSPS) is 10.4. The van der Waals surface area contributed by atoms with Gasteiger partial charge in [0.2, 0.25) is 0 Å². The molecule has 0 aromatic carbocycles. The second kappa shape index (κ2) is 5.08. The Labute approximate surface area is 81.4 Å². The topological polar surface area (TPSA) is 46.0 Å². The Morgan fingerprint density at radius 2 is 2.36 bits per heavy atom. The second-order valence-electron chi connectivity index (χ2n) is 1.75. The summed E-state index contributed by atoms with van der Waals surface area (Å²) < 4.78 is 1.76. The van der Waals surface area contributed by atoms with Crippen LogP contribution in [-0.2, 0) is 0 Å². The number of aliphatic hydroxyl groups is 1. The number of hydrogen-bond donors (Lipinski definition) is 1. The Morgan fingerprint density at radius 3 is 2.91 bits per heavy atom. The molecule has 0 bridgehead atoms. The Hall–Kier alpha value is 0.350. The lowest BCUT2D eigenvalue weighted by Crippen LogP contribution is -1.84. The molecule has 0 atom stereocenters. The van der Waals surface area contributed by atoms with Crippen LogP contribution in [0.3, 0.4) is 0 Å². The van der Waals surface area contributed by atoms with Crippen molar-refractivity contribution >= 4 is 39.0 Å². The maximum Gasteiger partial charge on any atom is 0.184 e. The molecule has 1 aromatic rings. The molecule has 0 saturated carbocycles. The van der Waals surface area contributed by atoms with Gasteiger partial charge in [0.25, 0.3) is 0 Å². The molecule has 0 radical (unpaired) electrons. The van der Waals surface area contributed by atoms with Crippen LogP contribution in [-0.4, -0.2) is 27.7 Å². The molecule has 1 rings (SSSR count). The van der Waals surface area contributed by atoms with Crippen LogP contribution in [0, 0.1) is 0 Å². The summed E-state index contributed by atoms with van der Waals surface area (Å²) in [7, 11) is 0. The predicted octanol–water partition coefficient (Wildman–Crippen LogP) is 1.78. The van der Waals surface area contributed by atoms with Crippen molar-refractivity contribution < 1.29 is 5.11 Å². The quantitative estimate of drug-likeness (QED) is 0.658. The van der Waals surface area contributed by atoms with Crippen molar-refractivity contribution in [3.63, 3.8) is 0 Å². The minimum Gasteiger partial charge on any atom is -0.396 e. The molecule has 1 N–H and O–H groups in total. The standard InChI is InChI=1S/C5H7BrN2OS2/c6-4-7-8-5(11-4)10-3-1-2-9/h9H,1-3H2. The van der Waals surface area contributed by atoms with Gasteiger partial charge in [-0.05, 0) is 22.4 Å². The molecule has 0 saturated heterocycles. The van der Waals surface area contributed by atoms with Crippen molar-refractivity contribution in [2.45, 2.75) is 10.8 Å². The first kappa shape index (κ1) is 9.44. The Bertz CT molecular complexity index is 218. The highest BCUT2D eigenvalue weighted by Gasteiger charge is 2.00. The van der Waals surface area contributed by atoms with Gasteiger partial charge in [-0.1, -0.05) is 23.1 Å². The van der Waals surface area contributed by atoms with E-state index in [9.17, 15) is 0 Å². The molecule has 0 unspecified atom stereocenters. The van der Waals surface area contributed by atoms with Gasteiger partial charge in [0.1, 0.15) is 0 Å². The maximum atomic E-state index is 8.49. The van der Waals surface area contributed by atoms with Crippen LogP contribution in [0.2, 0.25) is 0 Å². The van der Waals surface area contributed by atoms with E-state index >= 15 is 0 Å². The van der Waals surface area contributed by atoms with E-state index in [1.54, 1.807) is 11.8 Å². The molecular weight excluding hydrogens is 248 g/mol. The highest BCUT2D eigenvalue weighted by Crippen LogP contribution is 2.25. The molecule has 0 aliphatic carbocycles. The van der Waals surface area contributed by atoms with Gasteiger partial charge in [0, 0.05) is 12.4 Å². The Balaban J connectivity index is 2.27. The fourth-order valence-corrected chi connectivity index (χ4v) is 2.91. The molecule has 0 aliphatic rings. The average Bonchev–Trinajstić information content (AvgIpc) is 2.37. The SMILES string of the molecule is OCCCSc1nnc(Br)s1. The van der Waals surface area contributed by atoms with E-state index in [2.05, 4.69) is 26.1 Å². The largest absolute Gasteiger partial charge is 0.396 e. The molecule has 1 heterocycles. The fraction of sp³-hybridized carbons (Fsp3) is 0.600. The first-order valence-electron chi connectivity index (χ1n) is 3.05. The van der Waals surface area contributed by atoms with Gasteiger partial charge in [-0.25, -0.2) is 0 Å². The molecule has 6 heteroatoms. The van der Waals surface area contributed by atoms with E-state index in [0.29, 0.717) is 0 Å². The van der Waals surface area contributed by atoms with Crippen LogP contribution in [0.15, 0.2) is 8.26 Å². The van der Waals surface area contributed by atoms with Crippen LogP contribution in [0.5, 0.6) is 0 Å². The van der Waals surface area contributed by atoms with E-state index in [1.165, 1.54) is 11.3 Å². The molecule has 0 amide bonds. The van der Waals surface area contributed by atoms with Crippen LogP contribution < -0.4 is 0 Å². The number of nitrogens with zero attached hydrogens (tertiary/aromatic N) is 2. The molecule has 62 valence electrons. The second-order valence-corrected chi connectivity index (χ2v) is 5.34. The van der Waals surface area contributed by atoms with Crippen LogP contribution >= 0.6 is 39.0 Å². The summed E-state index contributed by atoms with van der Waals surface area (Å²) in [6.07, 6.45) is 0.807. The van der Waals surface area contributed by atoms with Crippen LogP contribution in [0.4, 0.5) is 0 Å². The molecule has 1 aromatic heterocycles. The van der Waals surface area contributed by atoms with Gasteiger partial charge in [-0.2, -0.15) is 0 Å². The summed E-state index contributed by atoms with van der Waals surface area (Å²) >= 11 is 6.36. The smallest absolute Gasteiger partial charge is 0.184 e. The van der Waals surface area contributed by atoms with Gasteiger partial charge >= 0.3 is 0 Å².